The van der Waals surface area contributed by atoms with Crippen LogP contribution in [0.4, 0.5) is 21.6 Å². The molecule has 18 heavy (non-hydrogen) atoms. The Labute approximate surface area is 106 Å². The molecule has 0 bridgehead atoms. The Balaban J connectivity index is 2.49. The molecule has 0 fully saturated rings. The number of aryl methyl sites for hydroxylation is 1. The largest absolute Gasteiger partial charge is 0.396 e. The van der Waals surface area contributed by atoms with E-state index in [1.54, 1.807) is 12.3 Å². The van der Waals surface area contributed by atoms with Crippen molar-refractivity contribution in [3.63, 3.8) is 0 Å². The Hall–Kier alpha value is -2.10. The van der Waals surface area contributed by atoms with Gasteiger partial charge < -0.3 is 10.6 Å². The van der Waals surface area contributed by atoms with Gasteiger partial charge >= 0.3 is 0 Å². The molecular weight excluding hydrogens is 229 g/mol. The molecule has 2 aromatic rings. The lowest BCUT2D eigenvalue weighted by Crippen LogP contribution is -2.19. The summed E-state index contributed by atoms with van der Waals surface area (Å²) in [4.78, 5) is 6.19. The standard InChI is InChI=1S/C14H16FN3/c1-3-18(12-6-4-5-11(15)9-12)14-13(16)10(2)7-8-17-14/h4-9H,3,16H2,1-2H3. The number of nitrogen functional groups attached to an aromatic ring is 1. The van der Waals surface area contributed by atoms with Crippen molar-refractivity contribution in [2.45, 2.75) is 13.8 Å². The van der Waals surface area contributed by atoms with E-state index in [0.717, 1.165) is 11.3 Å². The van der Waals surface area contributed by atoms with Gasteiger partial charge in [-0.05, 0) is 43.7 Å². The third kappa shape index (κ3) is 2.27. The number of aromatic nitrogens is 1. The summed E-state index contributed by atoms with van der Waals surface area (Å²) in [6.45, 7) is 4.58. The molecule has 0 saturated heterocycles. The summed E-state index contributed by atoms with van der Waals surface area (Å²) < 4.78 is 13.3. The Morgan fingerprint density at radius 3 is 2.78 bits per heavy atom. The summed E-state index contributed by atoms with van der Waals surface area (Å²) in [5.74, 6) is 0.403. The average Bonchev–Trinajstić information content (AvgIpc) is 2.35. The highest BCUT2D eigenvalue weighted by Crippen LogP contribution is 2.29. The van der Waals surface area contributed by atoms with Crippen molar-refractivity contribution >= 4 is 17.2 Å². The third-order valence-corrected chi connectivity index (χ3v) is 2.88. The normalized spacial score (nSPS) is 10.4. The van der Waals surface area contributed by atoms with Gasteiger partial charge in [-0.15, -0.1) is 0 Å². The molecule has 1 aromatic heterocycles. The van der Waals surface area contributed by atoms with Crippen molar-refractivity contribution in [2.75, 3.05) is 17.2 Å². The maximum absolute atomic E-state index is 13.3. The highest BCUT2D eigenvalue weighted by Gasteiger charge is 2.13. The molecule has 2 rings (SSSR count). The minimum Gasteiger partial charge on any atom is -0.396 e. The minimum atomic E-state index is -0.267. The zero-order valence-corrected chi connectivity index (χ0v) is 10.5. The predicted octanol–water partition coefficient (Wildman–Crippen LogP) is 3.27. The third-order valence-electron chi connectivity index (χ3n) is 2.88. The molecule has 94 valence electrons. The second-order valence-corrected chi connectivity index (χ2v) is 4.09. The monoisotopic (exact) mass is 245 g/mol. The van der Waals surface area contributed by atoms with E-state index in [9.17, 15) is 4.39 Å². The van der Waals surface area contributed by atoms with Gasteiger partial charge in [-0.25, -0.2) is 9.37 Å². The van der Waals surface area contributed by atoms with Crippen molar-refractivity contribution in [1.82, 2.24) is 4.98 Å². The quantitative estimate of drug-likeness (QED) is 0.902. The fourth-order valence-electron chi connectivity index (χ4n) is 1.87. The van der Waals surface area contributed by atoms with Crippen LogP contribution in [0.1, 0.15) is 12.5 Å². The summed E-state index contributed by atoms with van der Waals surface area (Å²) in [6, 6.07) is 8.28. The lowest BCUT2D eigenvalue weighted by Gasteiger charge is -2.24. The molecular formula is C14H16FN3. The van der Waals surface area contributed by atoms with Crippen molar-refractivity contribution in [3.8, 4) is 0 Å². The van der Waals surface area contributed by atoms with Crippen LogP contribution in [0.5, 0.6) is 0 Å². The topological polar surface area (TPSA) is 42.2 Å². The number of nitrogens with zero attached hydrogens (tertiary/aromatic N) is 2. The number of nitrogens with two attached hydrogens (primary N) is 1. The second kappa shape index (κ2) is 5.04. The number of rotatable bonds is 3. The van der Waals surface area contributed by atoms with Gasteiger partial charge in [-0.1, -0.05) is 6.07 Å². The maximum atomic E-state index is 13.3. The van der Waals surface area contributed by atoms with Gasteiger partial charge in [-0.2, -0.15) is 0 Å². The highest BCUT2D eigenvalue weighted by atomic mass is 19.1. The molecule has 0 amide bonds. The van der Waals surface area contributed by atoms with E-state index in [1.165, 1.54) is 12.1 Å². The van der Waals surface area contributed by atoms with Crippen molar-refractivity contribution in [2.24, 2.45) is 0 Å². The first kappa shape index (κ1) is 12.4. The van der Waals surface area contributed by atoms with Crippen molar-refractivity contribution in [1.29, 1.82) is 0 Å². The van der Waals surface area contributed by atoms with Crippen LogP contribution in [-0.4, -0.2) is 11.5 Å². The van der Waals surface area contributed by atoms with Crippen LogP contribution >= 0.6 is 0 Å². The van der Waals surface area contributed by atoms with Crippen LogP contribution in [0.2, 0.25) is 0 Å². The van der Waals surface area contributed by atoms with Crippen LogP contribution in [0.25, 0.3) is 0 Å². The van der Waals surface area contributed by atoms with Crippen LogP contribution in [0.15, 0.2) is 36.5 Å². The molecule has 0 radical (unpaired) electrons. The van der Waals surface area contributed by atoms with E-state index in [0.29, 0.717) is 18.1 Å². The first-order valence-corrected chi connectivity index (χ1v) is 5.87. The van der Waals surface area contributed by atoms with E-state index in [2.05, 4.69) is 4.98 Å². The molecule has 1 aromatic carbocycles. The van der Waals surface area contributed by atoms with Gasteiger partial charge in [0, 0.05) is 18.4 Å². The molecule has 0 saturated carbocycles. The Morgan fingerprint density at radius 2 is 2.11 bits per heavy atom. The van der Waals surface area contributed by atoms with Crippen LogP contribution in [0, 0.1) is 12.7 Å². The minimum absolute atomic E-state index is 0.267. The lowest BCUT2D eigenvalue weighted by atomic mass is 10.2. The first-order valence-electron chi connectivity index (χ1n) is 5.87. The van der Waals surface area contributed by atoms with Crippen molar-refractivity contribution in [3.05, 3.63) is 47.9 Å². The maximum Gasteiger partial charge on any atom is 0.156 e. The fraction of sp³-hybridized carbons (Fsp3) is 0.214. The Morgan fingerprint density at radius 1 is 1.33 bits per heavy atom. The molecule has 4 heteroatoms. The zero-order chi connectivity index (χ0) is 13.1. The highest BCUT2D eigenvalue weighted by molar-refractivity contribution is 5.73. The summed E-state index contributed by atoms with van der Waals surface area (Å²) in [5.41, 5.74) is 8.38. The number of pyridine rings is 1. The van der Waals surface area contributed by atoms with Crippen LogP contribution in [0.3, 0.4) is 0 Å². The fourth-order valence-corrected chi connectivity index (χ4v) is 1.87. The van der Waals surface area contributed by atoms with E-state index in [-0.39, 0.29) is 5.82 Å². The molecule has 0 aliphatic heterocycles. The summed E-state index contributed by atoms with van der Waals surface area (Å²) in [5, 5.41) is 0. The summed E-state index contributed by atoms with van der Waals surface area (Å²) in [7, 11) is 0. The zero-order valence-electron chi connectivity index (χ0n) is 10.5. The van der Waals surface area contributed by atoms with Gasteiger partial charge in [0.25, 0.3) is 0 Å². The molecule has 1 heterocycles. The van der Waals surface area contributed by atoms with Gasteiger partial charge in [0.05, 0.1) is 5.69 Å². The van der Waals surface area contributed by atoms with Gasteiger partial charge in [-0.3, -0.25) is 0 Å². The van der Waals surface area contributed by atoms with Crippen molar-refractivity contribution < 1.29 is 4.39 Å². The van der Waals surface area contributed by atoms with E-state index in [4.69, 9.17) is 5.73 Å². The predicted molar refractivity (Wildman–Crippen MR) is 72.5 cm³/mol. The second-order valence-electron chi connectivity index (χ2n) is 4.09. The molecule has 0 aliphatic carbocycles. The van der Waals surface area contributed by atoms with Gasteiger partial charge in [0.1, 0.15) is 5.82 Å². The van der Waals surface area contributed by atoms with Gasteiger partial charge in [0.2, 0.25) is 0 Å². The lowest BCUT2D eigenvalue weighted by molar-refractivity contribution is 0.627. The van der Waals surface area contributed by atoms with Crippen LogP contribution < -0.4 is 10.6 Å². The average molecular weight is 245 g/mol. The number of hydrogen-bond donors (Lipinski definition) is 1. The Kier molecular flexibility index (Phi) is 3.46. The molecule has 3 nitrogen and oxygen atoms in total. The van der Waals surface area contributed by atoms with E-state index in [1.807, 2.05) is 30.9 Å². The molecule has 0 atom stereocenters. The van der Waals surface area contributed by atoms with Gasteiger partial charge in [0.15, 0.2) is 5.82 Å². The molecule has 0 aliphatic rings. The number of anilines is 3. The van der Waals surface area contributed by atoms with E-state index >= 15 is 0 Å². The summed E-state index contributed by atoms with van der Waals surface area (Å²) in [6.07, 6.45) is 1.71. The molecule has 2 N–H and O–H groups in total. The number of benzene rings is 1. The SMILES string of the molecule is CCN(c1cccc(F)c1)c1nccc(C)c1N. The Bertz CT molecular complexity index is 554. The summed E-state index contributed by atoms with van der Waals surface area (Å²) >= 11 is 0. The molecule has 0 unspecified atom stereocenters. The number of hydrogen-bond acceptors (Lipinski definition) is 3. The first-order chi connectivity index (χ1) is 8.63. The molecule has 0 spiro atoms. The van der Waals surface area contributed by atoms with E-state index < -0.39 is 0 Å². The smallest absolute Gasteiger partial charge is 0.156 e. The van der Waals surface area contributed by atoms with Crippen LogP contribution in [-0.2, 0) is 0 Å². The number of halogens is 1.